The summed E-state index contributed by atoms with van der Waals surface area (Å²) in [4.78, 5) is 16.0. The first-order valence-corrected chi connectivity index (χ1v) is 5.84. The van der Waals surface area contributed by atoms with Gasteiger partial charge in [0.15, 0.2) is 11.7 Å². The highest BCUT2D eigenvalue weighted by Crippen LogP contribution is 2.22. The number of fused-ring (bicyclic) bond motifs is 1. The molecule has 0 aliphatic carbocycles. The normalized spacial score (nSPS) is 12.5. The minimum atomic E-state index is -0.579. The number of hydrogen-bond acceptors (Lipinski definition) is 5. The Kier molecular flexibility index (Phi) is 2.79. The zero-order valence-corrected chi connectivity index (χ0v) is 10.2. The maximum absolute atomic E-state index is 11.7. The van der Waals surface area contributed by atoms with Gasteiger partial charge in [0.2, 0.25) is 11.7 Å². The molecule has 3 rings (SSSR count). The molecule has 0 amide bonds. The van der Waals surface area contributed by atoms with Gasteiger partial charge in [-0.15, -0.1) is 0 Å². The van der Waals surface area contributed by atoms with Gasteiger partial charge in [-0.1, -0.05) is 12.1 Å². The van der Waals surface area contributed by atoms with Crippen molar-refractivity contribution in [1.82, 2.24) is 4.98 Å². The Morgan fingerprint density at radius 2 is 2.11 bits per heavy atom. The molecule has 0 bridgehead atoms. The van der Waals surface area contributed by atoms with Crippen LogP contribution in [0.5, 0.6) is 0 Å². The minimum Gasteiger partial charge on any atom is -0.457 e. The van der Waals surface area contributed by atoms with Crippen LogP contribution in [0.1, 0.15) is 29.5 Å². The number of oxazole rings is 1. The van der Waals surface area contributed by atoms with Crippen LogP contribution in [0.3, 0.4) is 0 Å². The van der Waals surface area contributed by atoms with Crippen LogP contribution in [0, 0.1) is 0 Å². The molecule has 0 aliphatic heterocycles. The fourth-order valence-electron chi connectivity index (χ4n) is 1.73. The highest BCUT2D eigenvalue weighted by molar-refractivity contribution is 5.86. The molecule has 0 N–H and O–H groups in total. The summed E-state index contributed by atoms with van der Waals surface area (Å²) in [5.74, 6) is -0.0242. The van der Waals surface area contributed by atoms with Crippen LogP contribution in [-0.4, -0.2) is 11.0 Å². The molecule has 0 radical (unpaired) electrons. The van der Waals surface area contributed by atoms with Gasteiger partial charge in [0.1, 0.15) is 5.52 Å². The molecule has 19 heavy (non-hydrogen) atoms. The maximum Gasteiger partial charge on any atom is 0.374 e. The molecular formula is C14H11NO4. The third-order valence-corrected chi connectivity index (χ3v) is 2.66. The molecule has 0 aliphatic rings. The topological polar surface area (TPSA) is 65.5 Å². The van der Waals surface area contributed by atoms with Crippen LogP contribution >= 0.6 is 0 Å². The van der Waals surface area contributed by atoms with Gasteiger partial charge in [0, 0.05) is 0 Å². The van der Waals surface area contributed by atoms with Crippen molar-refractivity contribution < 1.29 is 18.4 Å². The van der Waals surface area contributed by atoms with E-state index < -0.39 is 12.1 Å². The van der Waals surface area contributed by atoms with Gasteiger partial charge < -0.3 is 13.6 Å². The first-order valence-electron chi connectivity index (χ1n) is 5.84. The molecule has 1 atom stereocenters. The molecule has 0 saturated heterocycles. The number of nitrogens with zero attached hydrogens (tertiary/aromatic N) is 1. The number of carbonyl (C=O) groups excluding carboxylic acids is 1. The molecule has 0 spiro atoms. The molecule has 3 aromatic rings. The number of benzene rings is 1. The number of para-hydroxylation sites is 2. The smallest absolute Gasteiger partial charge is 0.374 e. The zero-order valence-electron chi connectivity index (χ0n) is 10.2. The number of carbonyl (C=O) groups is 1. The van der Waals surface area contributed by atoms with Gasteiger partial charge in [-0.3, -0.25) is 0 Å². The van der Waals surface area contributed by atoms with Crippen molar-refractivity contribution in [3.8, 4) is 0 Å². The van der Waals surface area contributed by atoms with Crippen LogP contribution in [0.15, 0.2) is 51.5 Å². The Bertz CT molecular complexity index is 666. The number of furan rings is 1. The summed E-state index contributed by atoms with van der Waals surface area (Å²) in [7, 11) is 0. The standard InChI is InChI=1S/C14H11NO4/c1-9(18-14(16)12-7-4-8-17-12)13-15-10-5-2-3-6-11(10)19-13/h2-9H,1H3. The Morgan fingerprint density at radius 3 is 2.84 bits per heavy atom. The van der Waals surface area contributed by atoms with Crippen molar-refractivity contribution in [3.05, 3.63) is 54.3 Å². The fourth-order valence-corrected chi connectivity index (χ4v) is 1.73. The summed E-state index contributed by atoms with van der Waals surface area (Å²) in [6.45, 7) is 1.70. The minimum absolute atomic E-state index is 0.156. The quantitative estimate of drug-likeness (QED) is 0.673. The summed E-state index contributed by atoms with van der Waals surface area (Å²) in [5, 5.41) is 0. The van der Waals surface area contributed by atoms with E-state index in [2.05, 4.69) is 4.98 Å². The van der Waals surface area contributed by atoms with E-state index in [-0.39, 0.29) is 5.76 Å². The number of rotatable bonds is 3. The highest BCUT2D eigenvalue weighted by atomic mass is 16.6. The number of esters is 1. The molecule has 5 heteroatoms. The Hall–Kier alpha value is -2.56. The maximum atomic E-state index is 11.7. The molecule has 1 aromatic carbocycles. The van der Waals surface area contributed by atoms with E-state index in [1.54, 1.807) is 19.1 Å². The SMILES string of the molecule is CC(OC(=O)c1ccco1)c1nc2ccccc2o1. The van der Waals surface area contributed by atoms with Crippen molar-refractivity contribution in [2.24, 2.45) is 0 Å². The van der Waals surface area contributed by atoms with Crippen LogP contribution in [0.4, 0.5) is 0 Å². The predicted molar refractivity (Wildman–Crippen MR) is 66.5 cm³/mol. The second kappa shape index (κ2) is 4.61. The van der Waals surface area contributed by atoms with Crippen molar-refractivity contribution >= 4 is 17.1 Å². The summed E-state index contributed by atoms with van der Waals surface area (Å²) in [6.07, 6.45) is 0.839. The van der Waals surface area contributed by atoms with Gasteiger partial charge in [0.25, 0.3) is 0 Å². The monoisotopic (exact) mass is 257 g/mol. The van der Waals surface area contributed by atoms with Crippen molar-refractivity contribution in [2.75, 3.05) is 0 Å². The second-order valence-corrected chi connectivity index (χ2v) is 4.04. The van der Waals surface area contributed by atoms with Gasteiger partial charge in [-0.2, -0.15) is 0 Å². The average molecular weight is 257 g/mol. The number of aromatic nitrogens is 1. The van der Waals surface area contributed by atoms with Crippen molar-refractivity contribution in [1.29, 1.82) is 0 Å². The van der Waals surface area contributed by atoms with Gasteiger partial charge >= 0.3 is 5.97 Å². The zero-order chi connectivity index (χ0) is 13.2. The van der Waals surface area contributed by atoms with E-state index >= 15 is 0 Å². The van der Waals surface area contributed by atoms with Gasteiger partial charge in [-0.05, 0) is 31.2 Å². The first kappa shape index (κ1) is 11.5. The molecular weight excluding hydrogens is 246 g/mol. The molecule has 2 heterocycles. The summed E-state index contributed by atoms with van der Waals surface area (Å²) in [5.41, 5.74) is 1.40. The Labute approximate surface area is 108 Å². The van der Waals surface area contributed by atoms with Crippen molar-refractivity contribution in [3.63, 3.8) is 0 Å². The van der Waals surface area contributed by atoms with Gasteiger partial charge in [0.05, 0.1) is 6.26 Å². The Balaban J connectivity index is 1.80. The van der Waals surface area contributed by atoms with E-state index in [0.717, 1.165) is 5.52 Å². The molecule has 2 aromatic heterocycles. The largest absolute Gasteiger partial charge is 0.457 e. The van der Waals surface area contributed by atoms with Gasteiger partial charge in [-0.25, -0.2) is 9.78 Å². The van der Waals surface area contributed by atoms with Crippen molar-refractivity contribution in [2.45, 2.75) is 13.0 Å². The summed E-state index contributed by atoms with van der Waals surface area (Å²) >= 11 is 0. The van der Waals surface area contributed by atoms with Crippen LogP contribution in [-0.2, 0) is 4.74 Å². The molecule has 5 nitrogen and oxygen atoms in total. The van der Waals surface area contributed by atoms with Crippen LogP contribution in [0.2, 0.25) is 0 Å². The average Bonchev–Trinajstić information content (AvgIpc) is 3.07. The lowest BCUT2D eigenvalue weighted by Crippen LogP contribution is -2.08. The van der Waals surface area contributed by atoms with E-state index in [4.69, 9.17) is 13.6 Å². The number of hydrogen-bond donors (Lipinski definition) is 0. The third-order valence-electron chi connectivity index (χ3n) is 2.66. The summed E-state index contributed by atoms with van der Waals surface area (Å²) in [6, 6.07) is 10.5. The number of ether oxygens (including phenoxy) is 1. The van der Waals surface area contributed by atoms with Crippen LogP contribution < -0.4 is 0 Å². The predicted octanol–water partition coefficient (Wildman–Crippen LogP) is 3.34. The highest BCUT2D eigenvalue weighted by Gasteiger charge is 2.20. The lowest BCUT2D eigenvalue weighted by molar-refractivity contribution is 0.0247. The second-order valence-electron chi connectivity index (χ2n) is 4.04. The molecule has 0 saturated carbocycles. The van der Waals surface area contributed by atoms with E-state index in [1.165, 1.54) is 6.26 Å². The lowest BCUT2D eigenvalue weighted by atomic mass is 10.3. The van der Waals surface area contributed by atoms with E-state index in [9.17, 15) is 4.79 Å². The van der Waals surface area contributed by atoms with Crippen LogP contribution in [0.25, 0.3) is 11.1 Å². The molecule has 1 unspecified atom stereocenters. The fraction of sp³-hybridized carbons (Fsp3) is 0.143. The summed E-state index contributed by atoms with van der Waals surface area (Å²) < 4.78 is 15.7. The lowest BCUT2D eigenvalue weighted by Gasteiger charge is -2.07. The molecule has 0 fully saturated rings. The first-order chi connectivity index (χ1) is 9.24. The van der Waals surface area contributed by atoms with E-state index in [1.807, 2.05) is 24.3 Å². The van der Waals surface area contributed by atoms with E-state index in [0.29, 0.717) is 11.5 Å². The Morgan fingerprint density at radius 1 is 1.26 bits per heavy atom. The third kappa shape index (κ3) is 2.22. The molecule has 96 valence electrons.